The van der Waals surface area contributed by atoms with Crippen LogP contribution in [0.5, 0.6) is 0 Å². The van der Waals surface area contributed by atoms with Gasteiger partial charge in [-0.05, 0) is 73.9 Å². The smallest absolute Gasteiger partial charge is 0.338 e. The van der Waals surface area contributed by atoms with Gasteiger partial charge in [0.1, 0.15) is 5.15 Å². The molecule has 0 atom stereocenters. The van der Waals surface area contributed by atoms with Crippen LogP contribution in [-0.4, -0.2) is 36.6 Å². The highest BCUT2D eigenvalue weighted by Crippen LogP contribution is 2.25. The standard InChI is InChI=1S/C23H22ClN3O3/c1-15-12-18(27-10-2-3-11-27)6-8-19(15)26-22(28)14-30-23(29)17-4-7-20-16(13-17)5-9-21(24)25-20/h4-9,12-13H,2-3,10-11,14H2,1H3,(H,26,28). The van der Waals surface area contributed by atoms with E-state index in [9.17, 15) is 9.59 Å². The molecule has 0 aliphatic carbocycles. The molecule has 1 N–H and O–H groups in total. The minimum Gasteiger partial charge on any atom is -0.452 e. The molecule has 0 saturated carbocycles. The van der Waals surface area contributed by atoms with E-state index in [1.54, 1.807) is 30.3 Å². The van der Waals surface area contributed by atoms with Crippen molar-refractivity contribution in [3.63, 3.8) is 0 Å². The fraction of sp³-hybridized carbons (Fsp3) is 0.261. The molecule has 2 heterocycles. The Kier molecular flexibility index (Phi) is 5.86. The number of aromatic nitrogens is 1. The molecule has 1 amide bonds. The number of esters is 1. The van der Waals surface area contributed by atoms with Crippen LogP contribution in [0.25, 0.3) is 10.9 Å². The minimum absolute atomic E-state index is 0.352. The maximum Gasteiger partial charge on any atom is 0.338 e. The number of carbonyl (C=O) groups is 2. The number of amides is 1. The number of hydrogen-bond donors (Lipinski definition) is 1. The summed E-state index contributed by atoms with van der Waals surface area (Å²) in [7, 11) is 0. The average molecular weight is 424 g/mol. The van der Waals surface area contributed by atoms with Crippen molar-refractivity contribution in [2.75, 3.05) is 29.9 Å². The number of aryl methyl sites for hydroxylation is 1. The van der Waals surface area contributed by atoms with Crippen molar-refractivity contribution in [2.45, 2.75) is 19.8 Å². The molecule has 3 aromatic rings. The highest BCUT2D eigenvalue weighted by atomic mass is 35.5. The molecule has 4 rings (SSSR count). The summed E-state index contributed by atoms with van der Waals surface area (Å²) in [5.41, 5.74) is 3.89. The Morgan fingerprint density at radius 3 is 2.67 bits per heavy atom. The summed E-state index contributed by atoms with van der Waals surface area (Å²) >= 11 is 5.88. The van der Waals surface area contributed by atoms with Crippen LogP contribution >= 0.6 is 11.6 Å². The number of carbonyl (C=O) groups excluding carboxylic acids is 2. The molecular weight excluding hydrogens is 402 g/mol. The monoisotopic (exact) mass is 423 g/mol. The fourth-order valence-electron chi connectivity index (χ4n) is 3.59. The maximum atomic E-state index is 12.3. The Bertz CT molecular complexity index is 1110. The lowest BCUT2D eigenvalue weighted by molar-refractivity contribution is -0.119. The van der Waals surface area contributed by atoms with E-state index in [1.165, 1.54) is 18.5 Å². The third-order valence-corrected chi connectivity index (χ3v) is 5.39. The molecule has 7 heteroatoms. The number of anilines is 2. The molecule has 1 aliphatic heterocycles. The van der Waals surface area contributed by atoms with Gasteiger partial charge in [0.25, 0.3) is 5.91 Å². The van der Waals surface area contributed by atoms with Crippen molar-refractivity contribution in [3.05, 3.63) is 64.8 Å². The Labute approximate surface area is 179 Å². The van der Waals surface area contributed by atoms with E-state index < -0.39 is 5.97 Å². The number of halogens is 1. The number of benzene rings is 2. The number of fused-ring (bicyclic) bond motifs is 1. The number of nitrogens with one attached hydrogen (secondary N) is 1. The van der Waals surface area contributed by atoms with Crippen molar-refractivity contribution >= 4 is 45.8 Å². The molecule has 1 saturated heterocycles. The second-order valence-electron chi connectivity index (χ2n) is 7.36. The second-order valence-corrected chi connectivity index (χ2v) is 7.75. The molecule has 154 valence electrons. The molecule has 0 unspecified atom stereocenters. The van der Waals surface area contributed by atoms with Gasteiger partial charge in [-0.2, -0.15) is 0 Å². The lowest BCUT2D eigenvalue weighted by Gasteiger charge is -2.19. The molecule has 30 heavy (non-hydrogen) atoms. The van der Waals surface area contributed by atoms with Crippen LogP contribution in [0.1, 0.15) is 28.8 Å². The SMILES string of the molecule is Cc1cc(N2CCCC2)ccc1NC(=O)COC(=O)c1ccc2nc(Cl)ccc2c1. The summed E-state index contributed by atoms with van der Waals surface area (Å²) in [6.07, 6.45) is 2.43. The largest absolute Gasteiger partial charge is 0.452 e. The van der Waals surface area contributed by atoms with E-state index >= 15 is 0 Å². The zero-order valence-corrected chi connectivity index (χ0v) is 17.4. The van der Waals surface area contributed by atoms with Gasteiger partial charge in [0.05, 0.1) is 11.1 Å². The first kappa shape index (κ1) is 20.2. The molecule has 1 aliphatic rings. The zero-order chi connectivity index (χ0) is 21.1. The quantitative estimate of drug-likeness (QED) is 0.480. The van der Waals surface area contributed by atoms with E-state index in [1.807, 2.05) is 19.1 Å². The van der Waals surface area contributed by atoms with Gasteiger partial charge in [-0.25, -0.2) is 9.78 Å². The first-order chi connectivity index (χ1) is 14.5. The van der Waals surface area contributed by atoms with Gasteiger partial charge in [-0.1, -0.05) is 11.6 Å². The van der Waals surface area contributed by atoms with E-state index in [2.05, 4.69) is 21.3 Å². The van der Waals surface area contributed by atoms with E-state index in [-0.39, 0.29) is 12.5 Å². The summed E-state index contributed by atoms with van der Waals surface area (Å²) in [4.78, 5) is 31.1. The Morgan fingerprint density at radius 1 is 1.10 bits per heavy atom. The molecule has 1 fully saturated rings. The number of pyridine rings is 1. The van der Waals surface area contributed by atoms with Gasteiger partial charge < -0.3 is 15.0 Å². The molecule has 6 nitrogen and oxygen atoms in total. The van der Waals surface area contributed by atoms with Crippen LogP contribution < -0.4 is 10.2 Å². The van der Waals surface area contributed by atoms with Gasteiger partial charge in [-0.3, -0.25) is 4.79 Å². The third kappa shape index (κ3) is 4.54. The lowest BCUT2D eigenvalue weighted by atomic mass is 10.1. The summed E-state index contributed by atoms with van der Waals surface area (Å²) in [6, 6.07) is 14.4. The second kappa shape index (κ2) is 8.71. The molecule has 0 bridgehead atoms. The van der Waals surface area contributed by atoms with Crippen LogP contribution in [0.15, 0.2) is 48.5 Å². The van der Waals surface area contributed by atoms with Crippen molar-refractivity contribution in [1.82, 2.24) is 4.98 Å². The topological polar surface area (TPSA) is 71.5 Å². The first-order valence-electron chi connectivity index (χ1n) is 9.88. The van der Waals surface area contributed by atoms with Gasteiger partial charge in [0.15, 0.2) is 6.61 Å². The van der Waals surface area contributed by atoms with E-state index in [0.29, 0.717) is 21.9 Å². The third-order valence-electron chi connectivity index (χ3n) is 5.18. The molecule has 0 spiro atoms. The minimum atomic E-state index is -0.567. The van der Waals surface area contributed by atoms with Gasteiger partial charge in [0, 0.05) is 29.9 Å². The van der Waals surface area contributed by atoms with Crippen LogP contribution in [0.2, 0.25) is 5.15 Å². The Balaban J connectivity index is 1.35. The fourth-order valence-corrected chi connectivity index (χ4v) is 3.74. The number of ether oxygens (including phenoxy) is 1. The van der Waals surface area contributed by atoms with Crippen molar-refractivity contribution < 1.29 is 14.3 Å². The average Bonchev–Trinajstić information content (AvgIpc) is 3.28. The van der Waals surface area contributed by atoms with Crippen molar-refractivity contribution in [3.8, 4) is 0 Å². The van der Waals surface area contributed by atoms with Gasteiger partial charge in [-0.15, -0.1) is 0 Å². The molecule has 0 radical (unpaired) electrons. The zero-order valence-electron chi connectivity index (χ0n) is 16.7. The van der Waals surface area contributed by atoms with E-state index in [4.69, 9.17) is 16.3 Å². The predicted molar refractivity (Wildman–Crippen MR) is 118 cm³/mol. The molecule has 1 aromatic heterocycles. The predicted octanol–water partition coefficient (Wildman–Crippen LogP) is 4.59. The Morgan fingerprint density at radius 2 is 1.90 bits per heavy atom. The van der Waals surface area contributed by atoms with Crippen LogP contribution in [0, 0.1) is 6.92 Å². The number of hydrogen-bond acceptors (Lipinski definition) is 5. The van der Waals surface area contributed by atoms with Crippen molar-refractivity contribution in [1.29, 1.82) is 0 Å². The lowest BCUT2D eigenvalue weighted by Crippen LogP contribution is -2.22. The number of nitrogens with zero attached hydrogens (tertiary/aromatic N) is 2. The van der Waals surface area contributed by atoms with Gasteiger partial charge >= 0.3 is 5.97 Å². The summed E-state index contributed by atoms with van der Waals surface area (Å²) in [5, 5.41) is 3.97. The summed E-state index contributed by atoms with van der Waals surface area (Å²) < 4.78 is 5.17. The maximum absolute atomic E-state index is 12.3. The van der Waals surface area contributed by atoms with Crippen LogP contribution in [0.3, 0.4) is 0 Å². The Hall–Kier alpha value is -3.12. The van der Waals surface area contributed by atoms with Crippen LogP contribution in [0.4, 0.5) is 11.4 Å². The van der Waals surface area contributed by atoms with Crippen molar-refractivity contribution in [2.24, 2.45) is 0 Å². The van der Waals surface area contributed by atoms with Crippen LogP contribution in [-0.2, 0) is 9.53 Å². The summed E-state index contributed by atoms with van der Waals surface area (Å²) in [5.74, 6) is -0.947. The van der Waals surface area contributed by atoms with Gasteiger partial charge in [0.2, 0.25) is 0 Å². The summed E-state index contributed by atoms with van der Waals surface area (Å²) in [6.45, 7) is 3.73. The molecule has 2 aromatic carbocycles. The molecular formula is C23H22ClN3O3. The number of rotatable bonds is 5. The normalized spacial score (nSPS) is 13.5. The highest BCUT2D eigenvalue weighted by molar-refractivity contribution is 6.29. The highest BCUT2D eigenvalue weighted by Gasteiger charge is 2.15. The first-order valence-corrected chi connectivity index (χ1v) is 10.3. The van der Waals surface area contributed by atoms with E-state index in [0.717, 1.165) is 24.0 Å².